The molecule has 2 aliphatic carbocycles. The molecule has 4 aliphatic heterocycles. The van der Waals surface area contributed by atoms with E-state index in [1.807, 2.05) is 49.6 Å². The molecule has 816 valence electrons. The van der Waals surface area contributed by atoms with Crippen molar-refractivity contribution in [2.24, 2.45) is 0 Å². The molecule has 0 N–H and O–H groups in total. The van der Waals surface area contributed by atoms with Crippen molar-refractivity contribution in [2.45, 2.75) is 494 Å². The highest BCUT2D eigenvalue weighted by atomic mass is 32.2. The lowest BCUT2D eigenvalue weighted by Gasteiger charge is -2.40. The number of rotatable bonds is 84. The fourth-order valence-corrected chi connectivity index (χ4v) is 28.0. The zero-order chi connectivity index (χ0) is 102. The van der Waals surface area contributed by atoms with Gasteiger partial charge in [0, 0.05) is 146 Å². The number of benzene rings is 3. The normalized spacial score (nSPS) is 16.4. The second-order valence-electron chi connectivity index (χ2n) is 44.0. The molecular weight excluding hydrogens is 1900 g/mol. The van der Waals surface area contributed by atoms with Crippen molar-refractivity contribution in [3.63, 3.8) is 0 Å². The van der Waals surface area contributed by atoms with Crippen LogP contribution in [-0.4, -0.2) is 99.2 Å². The molecule has 7 aromatic rings. The van der Waals surface area contributed by atoms with Crippen molar-refractivity contribution in [3.8, 4) is 67.9 Å². The Bertz CT molecular complexity index is 4860. The number of allylic oxidation sites excluding steroid dienone is 1. The minimum Gasteiger partial charge on any atom is -0.466 e. The predicted molar refractivity (Wildman–Crippen MR) is 635 cm³/mol. The van der Waals surface area contributed by atoms with E-state index in [0.717, 1.165) is 206 Å². The third kappa shape index (κ3) is 39.1. The summed E-state index contributed by atoms with van der Waals surface area (Å²) in [5, 5.41) is 0. The molecule has 16 heteroatoms. The Hall–Kier alpha value is -6.52. The number of nitrogens with zero attached hydrogens (tertiary/aromatic N) is 4. The van der Waals surface area contributed by atoms with Crippen molar-refractivity contribution in [2.75, 3.05) is 73.2 Å². The standard InChI is InChI=1S/C132H196N4O8S4/c1-5-9-13-17-21-37-49-61-85-145-89-65-53-41-29-25-33-45-57-77-109-113-93-115-110(78-58-46-34-26-30-42-54-66-90-146-86-62-50-38-22-18-14-10-6-2)117-95-119-112(80-60-48-36-28-32-44-56-68-92-148-88-64-52-40-24-20-16-12-8-4)120-96-118-111(79-59-47-35-27-31-43-55-67-91-147-87-63-51-39-23-19-15-11-7-3)116-94-114(109)126-122(106-74-70-82-134-98-106)128(116)140-103-142-130(118)124(108-76-72-84-136-100-108)132(120)144-104-143-131(119)123(107-75-71-83-135-99-107)129(117)141-102-139-127(115)121(125(113)137-101-138-126)105-73-69-81-133-97-105/h69-76,81-84,93-95,97-100,109-112,130H,5-68,77-80,85-92,101-104H2,1-4H3. The molecule has 12 nitrogen and oxygen atoms in total. The average Bonchev–Trinajstić information content (AvgIpc) is 0.711. The minimum atomic E-state index is -0.638. The van der Waals surface area contributed by atoms with Crippen molar-refractivity contribution >= 4 is 52.6 Å². The number of hydrogen-bond donors (Lipinski definition) is 0. The SMILES string of the molecule is CCCCCCCCCCSCCCCCCCCCCC1C2=C=C3C4OCOc5c(cc6c(c5-c5cccnc5)OCOc5c(cc7c(c5-c5cccnc5)OCOc5c(cc1c(c5-c1cccnc1)OCOC2=C4c1cccnc1)C7CCCCCCCCCCSCCCCCCCCCC)C6CCCCCCCCCCSCCCCCCCCCC)C3CCCCCCCCCCSCCCCCCCCCC. The number of unbranched alkanes of at least 4 members (excludes halogenated alkanes) is 56. The van der Waals surface area contributed by atoms with Crippen LogP contribution in [-0.2, 0) is 9.47 Å². The fourth-order valence-electron chi connectivity index (χ4n) is 23.9. The Morgan fingerprint density at radius 3 is 0.736 bits per heavy atom. The first kappa shape index (κ1) is 119. The van der Waals surface area contributed by atoms with Crippen LogP contribution in [0.5, 0.6) is 34.5 Å². The average molecular weight is 2100 g/mol. The molecular formula is C132H196N4O8S4. The van der Waals surface area contributed by atoms with Gasteiger partial charge < -0.3 is 37.9 Å². The minimum absolute atomic E-state index is 0.0600. The maximum absolute atomic E-state index is 7.68. The maximum atomic E-state index is 7.68. The van der Waals surface area contributed by atoms with Crippen molar-refractivity contribution < 1.29 is 37.9 Å². The van der Waals surface area contributed by atoms with Gasteiger partial charge in [0.1, 0.15) is 46.4 Å². The van der Waals surface area contributed by atoms with E-state index < -0.39 is 6.10 Å². The summed E-state index contributed by atoms with van der Waals surface area (Å²) in [6, 6.07) is 24.9. The van der Waals surface area contributed by atoms with Gasteiger partial charge in [-0.05, 0) is 166 Å². The summed E-state index contributed by atoms with van der Waals surface area (Å²) in [6.07, 6.45) is 102. The highest BCUT2D eigenvalue weighted by Gasteiger charge is 2.46. The van der Waals surface area contributed by atoms with Crippen LogP contribution >= 0.6 is 47.0 Å². The van der Waals surface area contributed by atoms with Gasteiger partial charge in [-0.1, -0.05) is 412 Å². The first-order valence-corrected chi connectivity index (χ1v) is 66.0. The van der Waals surface area contributed by atoms with Crippen LogP contribution in [0.3, 0.4) is 0 Å². The van der Waals surface area contributed by atoms with Crippen LogP contribution < -0.4 is 28.4 Å². The molecule has 4 aromatic heterocycles. The largest absolute Gasteiger partial charge is 0.466 e. The highest BCUT2D eigenvalue weighted by Crippen LogP contribution is 2.62. The molecule has 13 rings (SSSR count). The molecule has 148 heavy (non-hydrogen) atoms. The second kappa shape index (κ2) is 73.0. The van der Waals surface area contributed by atoms with E-state index in [1.165, 1.54) is 406 Å². The molecule has 0 spiro atoms. The van der Waals surface area contributed by atoms with Crippen LogP contribution in [0.1, 0.15) is 527 Å². The quantitative estimate of drug-likeness (QED) is 0.0265. The summed E-state index contributed by atoms with van der Waals surface area (Å²) in [5.74, 6) is 14.7. The first-order chi connectivity index (χ1) is 73.6. The third-order valence-electron chi connectivity index (χ3n) is 32.3. The van der Waals surface area contributed by atoms with Gasteiger partial charge in [-0.15, -0.1) is 5.73 Å². The molecule has 3 aromatic carbocycles. The number of aromatic nitrogens is 4. The lowest BCUT2D eigenvalue weighted by Crippen LogP contribution is -2.32. The van der Waals surface area contributed by atoms with Crippen LogP contribution in [0.15, 0.2) is 139 Å². The zero-order valence-electron chi connectivity index (χ0n) is 93.1. The van der Waals surface area contributed by atoms with Crippen molar-refractivity contribution in [3.05, 3.63) is 178 Å². The number of ether oxygens (including phenoxy) is 8. The van der Waals surface area contributed by atoms with Crippen LogP contribution in [0.2, 0.25) is 0 Å². The molecule has 0 saturated heterocycles. The van der Waals surface area contributed by atoms with E-state index >= 15 is 0 Å². The van der Waals surface area contributed by atoms with E-state index in [4.69, 9.17) is 57.8 Å². The van der Waals surface area contributed by atoms with Gasteiger partial charge in [0.25, 0.3) is 0 Å². The molecule has 5 atom stereocenters. The van der Waals surface area contributed by atoms with Gasteiger partial charge in [0.15, 0.2) is 6.79 Å². The summed E-state index contributed by atoms with van der Waals surface area (Å²) in [4.78, 5) is 20.0. The molecule has 8 bridgehead atoms. The van der Waals surface area contributed by atoms with Gasteiger partial charge in [0.2, 0.25) is 20.4 Å². The summed E-state index contributed by atoms with van der Waals surface area (Å²) in [5.41, 5.74) is 20.9. The van der Waals surface area contributed by atoms with Crippen LogP contribution in [0, 0.1) is 0 Å². The van der Waals surface area contributed by atoms with Crippen LogP contribution in [0.4, 0.5) is 0 Å². The number of pyridine rings is 4. The lowest BCUT2D eigenvalue weighted by molar-refractivity contribution is -0.00804. The van der Waals surface area contributed by atoms with Gasteiger partial charge >= 0.3 is 0 Å². The van der Waals surface area contributed by atoms with Crippen LogP contribution in [0.25, 0.3) is 39.0 Å². The Kier molecular flexibility index (Phi) is 58.5. The van der Waals surface area contributed by atoms with Gasteiger partial charge in [-0.25, -0.2) is 0 Å². The van der Waals surface area contributed by atoms with E-state index in [1.54, 1.807) is 0 Å². The third-order valence-corrected chi connectivity index (χ3v) is 37.0. The van der Waals surface area contributed by atoms with Gasteiger partial charge in [-0.3, -0.25) is 19.9 Å². The lowest BCUT2D eigenvalue weighted by atomic mass is 9.71. The summed E-state index contributed by atoms with van der Waals surface area (Å²) in [6.45, 7) is 8.96. The van der Waals surface area contributed by atoms with E-state index in [9.17, 15) is 0 Å². The van der Waals surface area contributed by atoms with E-state index in [0.29, 0.717) is 0 Å². The molecule has 5 unspecified atom stereocenters. The maximum Gasteiger partial charge on any atom is 0.231 e. The van der Waals surface area contributed by atoms with Gasteiger partial charge in [0.05, 0.1) is 16.7 Å². The topological polar surface area (TPSA) is 125 Å². The predicted octanol–water partition coefficient (Wildman–Crippen LogP) is 40.7. The highest BCUT2D eigenvalue weighted by molar-refractivity contribution is 7.99. The first-order valence-electron chi connectivity index (χ1n) is 61.4. The molecule has 0 amide bonds. The van der Waals surface area contributed by atoms with E-state index in [-0.39, 0.29) is 50.8 Å². The number of thioether (sulfide) groups is 4. The molecule has 0 saturated carbocycles. The summed E-state index contributed by atoms with van der Waals surface area (Å²) in [7, 11) is 0. The van der Waals surface area contributed by atoms with Crippen molar-refractivity contribution in [1.29, 1.82) is 0 Å². The fraction of sp³-hybridized carbons (Fsp3) is 0.674. The number of hydrogen-bond acceptors (Lipinski definition) is 16. The Morgan fingerprint density at radius 1 is 0.243 bits per heavy atom. The Morgan fingerprint density at radius 2 is 0.466 bits per heavy atom. The van der Waals surface area contributed by atoms with Gasteiger partial charge in [-0.2, -0.15) is 47.0 Å². The molecule has 0 radical (unpaired) electrons. The molecule has 6 aliphatic rings. The Balaban J connectivity index is 0.899. The summed E-state index contributed by atoms with van der Waals surface area (Å²) < 4.78 is 61.0. The van der Waals surface area contributed by atoms with E-state index in [2.05, 4.69) is 147 Å². The Labute approximate surface area is 916 Å². The monoisotopic (exact) mass is 2090 g/mol. The zero-order valence-corrected chi connectivity index (χ0v) is 96.4. The summed E-state index contributed by atoms with van der Waals surface area (Å²) >= 11 is 8.77. The smallest absolute Gasteiger partial charge is 0.231 e. The molecule has 0 fully saturated rings. The van der Waals surface area contributed by atoms with Crippen molar-refractivity contribution in [1.82, 2.24) is 19.9 Å². The molecule has 8 heterocycles. The second-order valence-corrected chi connectivity index (χ2v) is 48.9.